The Balaban J connectivity index is 0.00000523. The van der Waals surface area contributed by atoms with Gasteiger partial charge in [0.15, 0.2) is 5.82 Å². The summed E-state index contributed by atoms with van der Waals surface area (Å²) in [5, 5.41) is 23.2. The molecule has 52 heavy (non-hydrogen) atoms. The molecule has 13 heteroatoms. The van der Waals surface area contributed by atoms with Crippen LogP contribution in [0.3, 0.4) is 0 Å². The Bertz CT molecular complexity index is 1770. The minimum absolute atomic E-state index is 0. The van der Waals surface area contributed by atoms with Crippen molar-refractivity contribution in [2.45, 2.75) is 76.9 Å². The van der Waals surface area contributed by atoms with Crippen molar-refractivity contribution in [2.24, 2.45) is 17.6 Å². The molecule has 1 saturated heterocycles. The topological polar surface area (TPSA) is 171 Å². The molecule has 6 rings (SSSR count). The number of halogens is 1. The number of amides is 3. The molecule has 0 radical (unpaired) electrons. The zero-order valence-electron chi connectivity index (χ0n) is 29.9. The quantitative estimate of drug-likeness (QED) is 0.136. The van der Waals surface area contributed by atoms with Crippen LogP contribution in [0.25, 0.3) is 22.5 Å². The molecular formula is C39H50ClN9O3. The summed E-state index contributed by atoms with van der Waals surface area (Å²) in [6, 6.07) is 22.6. The van der Waals surface area contributed by atoms with Gasteiger partial charge in [-0.25, -0.2) is 5.10 Å². The van der Waals surface area contributed by atoms with Crippen molar-refractivity contribution in [3.63, 3.8) is 0 Å². The van der Waals surface area contributed by atoms with Crippen LogP contribution in [0, 0.1) is 11.8 Å². The van der Waals surface area contributed by atoms with E-state index in [0.29, 0.717) is 42.0 Å². The molecule has 2 heterocycles. The highest BCUT2D eigenvalue weighted by atomic mass is 35.5. The third-order valence-corrected chi connectivity index (χ3v) is 10.4. The molecule has 4 aromatic rings. The van der Waals surface area contributed by atoms with Gasteiger partial charge in [0.05, 0.1) is 0 Å². The van der Waals surface area contributed by atoms with Gasteiger partial charge in [-0.15, -0.1) is 17.5 Å². The minimum Gasteiger partial charge on any atom is -0.349 e. The van der Waals surface area contributed by atoms with Crippen molar-refractivity contribution in [2.75, 3.05) is 25.0 Å². The van der Waals surface area contributed by atoms with E-state index in [1.807, 2.05) is 60.7 Å². The van der Waals surface area contributed by atoms with Gasteiger partial charge in [0.25, 0.3) is 5.91 Å². The van der Waals surface area contributed by atoms with Crippen molar-refractivity contribution in [1.82, 2.24) is 36.2 Å². The first-order valence-electron chi connectivity index (χ1n) is 18.2. The highest BCUT2D eigenvalue weighted by Gasteiger charge is 2.30. The molecule has 276 valence electrons. The number of benzene rings is 3. The summed E-state index contributed by atoms with van der Waals surface area (Å²) >= 11 is 0. The van der Waals surface area contributed by atoms with Gasteiger partial charge in [-0.3, -0.25) is 14.4 Å². The lowest BCUT2D eigenvalue weighted by Crippen LogP contribution is -2.48. The number of carbonyl (C=O) groups is 3. The van der Waals surface area contributed by atoms with E-state index in [0.717, 1.165) is 73.9 Å². The number of piperidine rings is 1. The highest BCUT2D eigenvalue weighted by Crippen LogP contribution is 2.29. The Hall–Kier alpha value is -4.65. The van der Waals surface area contributed by atoms with Crippen LogP contribution in [0.2, 0.25) is 0 Å². The molecule has 0 spiro atoms. The van der Waals surface area contributed by atoms with Gasteiger partial charge in [0.1, 0.15) is 6.04 Å². The van der Waals surface area contributed by atoms with Crippen LogP contribution < -0.4 is 21.7 Å². The molecule has 2 fully saturated rings. The van der Waals surface area contributed by atoms with E-state index >= 15 is 0 Å². The Kier molecular flexibility index (Phi) is 13.5. The number of anilines is 1. The maximum atomic E-state index is 13.8. The number of aromatic nitrogens is 4. The fourth-order valence-electron chi connectivity index (χ4n) is 7.16. The summed E-state index contributed by atoms with van der Waals surface area (Å²) in [4.78, 5) is 43.0. The standard InChI is InChI=1S/C39H49N9O3.ClH/c1-25(2)48-19-17-34(18-20-48)41-38(50)32-8-4-7-31(23-32)30-6-3-5-27(21-30)22-35(43-37(49)29-11-9-26(24-40)10-12-29)39(51)42-33-15-13-28(14-16-33)36-44-46-47-45-36;/h3-8,13-16,21,23,25-26,29,34-35H,9-12,17-20,22,24,40H2,1-2H3,(H,41,50)(H,42,51)(H,43,49)(H,44,45,46,47);1H/t26-,29-,35-;/m0./s1. The zero-order chi connectivity index (χ0) is 35.7. The Morgan fingerprint density at radius 3 is 2.23 bits per heavy atom. The first kappa shape index (κ1) is 38.6. The SMILES string of the molecule is CC(C)N1CCC(NC(=O)c2cccc(-c3cccc(C[C@H](NC(=O)[C@H]4CC[C@H](CN)CC4)C(=O)Nc4ccc(-c5nnn[nH]5)cc4)c3)c2)CC1.Cl. The Morgan fingerprint density at radius 1 is 0.885 bits per heavy atom. The normalized spacial score (nSPS) is 18.6. The Morgan fingerprint density at radius 2 is 1.58 bits per heavy atom. The van der Waals surface area contributed by atoms with Crippen LogP contribution in [-0.4, -0.2) is 81.0 Å². The molecule has 2 aliphatic rings. The molecule has 12 nitrogen and oxygen atoms in total. The second kappa shape index (κ2) is 18.2. The predicted molar refractivity (Wildman–Crippen MR) is 205 cm³/mol. The zero-order valence-corrected chi connectivity index (χ0v) is 30.7. The molecule has 0 bridgehead atoms. The van der Waals surface area contributed by atoms with E-state index < -0.39 is 6.04 Å². The molecule has 1 saturated carbocycles. The fraction of sp³-hybridized carbons (Fsp3) is 0.436. The number of nitrogens with two attached hydrogens (primary N) is 1. The third-order valence-electron chi connectivity index (χ3n) is 10.4. The largest absolute Gasteiger partial charge is 0.349 e. The maximum absolute atomic E-state index is 13.8. The van der Waals surface area contributed by atoms with Gasteiger partial charge in [0.2, 0.25) is 11.8 Å². The van der Waals surface area contributed by atoms with E-state index in [-0.39, 0.29) is 42.1 Å². The van der Waals surface area contributed by atoms with Gasteiger partial charge in [-0.1, -0.05) is 36.4 Å². The molecule has 1 aromatic heterocycles. The van der Waals surface area contributed by atoms with Gasteiger partial charge in [-0.2, -0.15) is 0 Å². The summed E-state index contributed by atoms with van der Waals surface area (Å²) in [6.45, 7) is 7.02. The van der Waals surface area contributed by atoms with Crippen molar-refractivity contribution < 1.29 is 14.4 Å². The van der Waals surface area contributed by atoms with Crippen molar-refractivity contribution in [3.05, 3.63) is 83.9 Å². The van der Waals surface area contributed by atoms with Crippen LogP contribution in [0.5, 0.6) is 0 Å². The number of hydrogen-bond donors (Lipinski definition) is 5. The summed E-state index contributed by atoms with van der Waals surface area (Å²) in [7, 11) is 0. The molecular weight excluding hydrogens is 678 g/mol. The number of tetrazole rings is 1. The molecule has 1 aliphatic carbocycles. The number of nitrogens with one attached hydrogen (secondary N) is 4. The lowest BCUT2D eigenvalue weighted by Gasteiger charge is -2.34. The molecule has 0 unspecified atom stereocenters. The maximum Gasteiger partial charge on any atom is 0.251 e. The third kappa shape index (κ3) is 10.0. The average molecular weight is 728 g/mol. The molecule has 3 amide bonds. The predicted octanol–water partition coefficient (Wildman–Crippen LogP) is 4.99. The van der Waals surface area contributed by atoms with Crippen LogP contribution in [-0.2, 0) is 16.0 Å². The monoisotopic (exact) mass is 727 g/mol. The number of H-pyrrole nitrogens is 1. The van der Waals surface area contributed by atoms with E-state index in [1.54, 1.807) is 12.1 Å². The number of hydrogen-bond acceptors (Lipinski definition) is 8. The van der Waals surface area contributed by atoms with E-state index in [4.69, 9.17) is 5.73 Å². The molecule has 3 aromatic carbocycles. The van der Waals surface area contributed by atoms with Gasteiger partial charge < -0.3 is 26.6 Å². The van der Waals surface area contributed by atoms with Crippen LogP contribution in [0.15, 0.2) is 72.8 Å². The summed E-state index contributed by atoms with van der Waals surface area (Å²) in [5.41, 5.74) is 10.6. The molecule has 1 atom stereocenters. The van der Waals surface area contributed by atoms with Crippen molar-refractivity contribution >= 4 is 35.8 Å². The summed E-state index contributed by atoms with van der Waals surface area (Å²) < 4.78 is 0. The molecule has 6 N–H and O–H groups in total. The smallest absolute Gasteiger partial charge is 0.251 e. The fourth-order valence-corrected chi connectivity index (χ4v) is 7.16. The second-order valence-electron chi connectivity index (χ2n) is 14.2. The lowest BCUT2D eigenvalue weighted by atomic mass is 9.81. The number of rotatable bonds is 12. The summed E-state index contributed by atoms with van der Waals surface area (Å²) in [5.74, 6) is 0.331. The summed E-state index contributed by atoms with van der Waals surface area (Å²) in [6.07, 6.45) is 5.52. The minimum atomic E-state index is -0.808. The van der Waals surface area contributed by atoms with Gasteiger partial charge in [0, 0.05) is 54.3 Å². The first-order valence-corrected chi connectivity index (χ1v) is 18.2. The average Bonchev–Trinajstić information content (AvgIpc) is 3.71. The van der Waals surface area contributed by atoms with E-state index in [1.165, 1.54) is 0 Å². The number of nitrogens with zero attached hydrogens (tertiary/aromatic N) is 4. The van der Waals surface area contributed by atoms with E-state index in [2.05, 4.69) is 55.3 Å². The second-order valence-corrected chi connectivity index (χ2v) is 14.2. The van der Waals surface area contributed by atoms with Crippen LogP contribution >= 0.6 is 12.4 Å². The Labute approximate surface area is 311 Å². The van der Waals surface area contributed by atoms with Crippen molar-refractivity contribution in [1.29, 1.82) is 0 Å². The van der Waals surface area contributed by atoms with Crippen LogP contribution in [0.1, 0.15) is 68.3 Å². The highest BCUT2D eigenvalue weighted by molar-refractivity contribution is 5.98. The number of carbonyl (C=O) groups excluding carboxylic acids is 3. The molecule has 1 aliphatic heterocycles. The number of aromatic amines is 1. The lowest BCUT2D eigenvalue weighted by molar-refractivity contribution is -0.130. The van der Waals surface area contributed by atoms with E-state index in [9.17, 15) is 14.4 Å². The van der Waals surface area contributed by atoms with Crippen LogP contribution in [0.4, 0.5) is 5.69 Å². The van der Waals surface area contributed by atoms with Gasteiger partial charge in [-0.05, 0) is 128 Å². The van der Waals surface area contributed by atoms with Crippen molar-refractivity contribution in [3.8, 4) is 22.5 Å². The van der Waals surface area contributed by atoms with Gasteiger partial charge >= 0.3 is 0 Å². The number of likely N-dealkylation sites (tertiary alicyclic amines) is 1. The first-order chi connectivity index (χ1) is 24.7.